The number of amides is 1. The van der Waals surface area contributed by atoms with Crippen LogP contribution >= 0.6 is 22.9 Å². The quantitative estimate of drug-likeness (QED) is 0.247. The highest BCUT2D eigenvalue weighted by Gasteiger charge is 2.26. The first-order valence-corrected chi connectivity index (χ1v) is 15.9. The number of benzene rings is 2. The van der Waals surface area contributed by atoms with Crippen molar-refractivity contribution in [1.82, 2.24) is 9.88 Å². The molecule has 1 saturated heterocycles. The summed E-state index contributed by atoms with van der Waals surface area (Å²) < 4.78 is 38.5. The standard InChI is InChI=1S/C29H30ClN3O6S2/c1-17-12-18(2)14-19(13-17)26-27(38-10-8-20-6-3-4-9-32-20)21-15-24(39-41(36,37)25-7-5-11-40-25)22(30)16-23(21)33(28(26)34)29(31)35/h5,7,11-16,20,32H,3-4,6,8-10H2,1-2H3,(H2,31,35). The van der Waals surface area contributed by atoms with Crippen molar-refractivity contribution >= 4 is 50.0 Å². The van der Waals surface area contributed by atoms with Gasteiger partial charge in [0.15, 0.2) is 9.96 Å². The van der Waals surface area contributed by atoms with E-state index in [1.807, 2.05) is 32.0 Å². The first kappa shape index (κ1) is 29.1. The van der Waals surface area contributed by atoms with E-state index in [9.17, 15) is 18.0 Å². The van der Waals surface area contributed by atoms with Crippen LogP contribution in [0.3, 0.4) is 0 Å². The molecule has 3 N–H and O–H groups in total. The van der Waals surface area contributed by atoms with Crippen LogP contribution in [0, 0.1) is 13.8 Å². The number of rotatable bonds is 8. The molecule has 1 fully saturated rings. The zero-order valence-electron chi connectivity index (χ0n) is 22.6. The number of carbonyl (C=O) groups is 1. The molecule has 1 aliphatic heterocycles. The van der Waals surface area contributed by atoms with Crippen molar-refractivity contribution in [3.63, 3.8) is 0 Å². The Kier molecular flexibility index (Phi) is 8.42. The van der Waals surface area contributed by atoms with E-state index < -0.39 is 21.7 Å². The molecule has 9 nitrogen and oxygen atoms in total. The van der Waals surface area contributed by atoms with E-state index in [0.29, 0.717) is 12.0 Å². The molecule has 5 rings (SSSR count). The smallest absolute Gasteiger partial charge is 0.348 e. The third-order valence-electron chi connectivity index (χ3n) is 6.98. The first-order valence-electron chi connectivity index (χ1n) is 13.2. The van der Waals surface area contributed by atoms with Gasteiger partial charge in [-0.25, -0.2) is 9.36 Å². The van der Waals surface area contributed by atoms with Gasteiger partial charge in [-0.15, -0.1) is 11.3 Å². The Morgan fingerprint density at radius 2 is 1.93 bits per heavy atom. The van der Waals surface area contributed by atoms with Crippen molar-refractivity contribution < 1.29 is 22.1 Å². The Morgan fingerprint density at radius 1 is 1.17 bits per heavy atom. The van der Waals surface area contributed by atoms with Crippen LogP contribution in [0.4, 0.5) is 4.79 Å². The van der Waals surface area contributed by atoms with Gasteiger partial charge in [-0.2, -0.15) is 8.42 Å². The molecular formula is C29H30ClN3O6S2. The van der Waals surface area contributed by atoms with Gasteiger partial charge in [-0.05, 0) is 68.8 Å². The molecule has 216 valence electrons. The number of piperidine rings is 1. The number of nitrogens with one attached hydrogen (secondary N) is 1. The third kappa shape index (κ3) is 6.13. The van der Waals surface area contributed by atoms with Crippen LogP contribution < -0.4 is 25.5 Å². The number of halogens is 1. The number of hydrogen-bond acceptors (Lipinski definition) is 8. The normalized spacial score (nSPS) is 15.6. The fourth-order valence-electron chi connectivity index (χ4n) is 5.21. The number of carbonyl (C=O) groups excluding carboxylic acids is 1. The number of nitrogens with zero attached hydrogens (tertiary/aromatic N) is 1. The van der Waals surface area contributed by atoms with E-state index in [2.05, 4.69) is 5.32 Å². The second-order valence-electron chi connectivity index (χ2n) is 10.1. The van der Waals surface area contributed by atoms with Gasteiger partial charge in [0, 0.05) is 11.4 Å². The highest BCUT2D eigenvalue weighted by atomic mass is 35.5. The van der Waals surface area contributed by atoms with Crippen LogP contribution in [0.15, 0.2) is 56.8 Å². The summed E-state index contributed by atoms with van der Waals surface area (Å²) in [6.45, 7) is 5.02. The number of hydrogen-bond donors (Lipinski definition) is 2. The van der Waals surface area contributed by atoms with Crippen LogP contribution in [0.5, 0.6) is 11.5 Å². The van der Waals surface area contributed by atoms with E-state index in [-0.39, 0.29) is 49.8 Å². The minimum Gasteiger partial charge on any atom is -0.492 e. The van der Waals surface area contributed by atoms with Gasteiger partial charge >= 0.3 is 16.1 Å². The molecule has 12 heteroatoms. The van der Waals surface area contributed by atoms with Crippen molar-refractivity contribution in [3.05, 3.63) is 74.3 Å². The molecule has 0 spiro atoms. The molecule has 2 aromatic carbocycles. The molecule has 1 atom stereocenters. The molecule has 2 aromatic heterocycles. The van der Waals surface area contributed by atoms with Gasteiger partial charge in [0.1, 0.15) is 5.75 Å². The zero-order valence-corrected chi connectivity index (χ0v) is 25.0. The van der Waals surface area contributed by atoms with E-state index in [0.717, 1.165) is 52.8 Å². The monoisotopic (exact) mass is 615 g/mol. The van der Waals surface area contributed by atoms with Crippen molar-refractivity contribution in [3.8, 4) is 22.6 Å². The predicted molar refractivity (Wildman–Crippen MR) is 161 cm³/mol. The molecule has 0 aliphatic carbocycles. The Labute approximate surface area is 247 Å². The summed E-state index contributed by atoms with van der Waals surface area (Å²) in [5.41, 5.74) is 7.59. The second kappa shape index (κ2) is 11.8. The van der Waals surface area contributed by atoms with Gasteiger partial charge in [0.25, 0.3) is 5.56 Å². The lowest BCUT2D eigenvalue weighted by atomic mass is 9.98. The molecule has 0 radical (unpaired) electrons. The maximum atomic E-state index is 13.9. The average Bonchev–Trinajstić information content (AvgIpc) is 3.46. The fourth-order valence-corrected chi connectivity index (χ4v) is 7.34. The number of aromatic nitrogens is 1. The SMILES string of the molecule is Cc1cc(C)cc(-c2c(OCCC3CCCCN3)c3cc(OS(=O)(=O)c4cccs4)c(Cl)cc3n(C(N)=O)c2=O)c1. The van der Waals surface area contributed by atoms with Crippen molar-refractivity contribution in [2.24, 2.45) is 5.73 Å². The summed E-state index contributed by atoms with van der Waals surface area (Å²) in [5, 5.41) is 5.24. The number of pyridine rings is 1. The molecule has 1 aliphatic rings. The van der Waals surface area contributed by atoms with Gasteiger partial charge < -0.3 is 20.0 Å². The summed E-state index contributed by atoms with van der Waals surface area (Å²) in [6, 6.07) is 10.6. The highest BCUT2D eigenvalue weighted by molar-refractivity contribution is 7.89. The fraction of sp³-hybridized carbons (Fsp3) is 0.310. The lowest BCUT2D eigenvalue weighted by molar-refractivity contribution is 0.250. The molecule has 3 heterocycles. The van der Waals surface area contributed by atoms with Crippen LogP contribution in [0.2, 0.25) is 5.02 Å². The number of ether oxygens (including phenoxy) is 1. The van der Waals surface area contributed by atoms with E-state index in [4.69, 9.17) is 26.3 Å². The first-order chi connectivity index (χ1) is 19.5. The Bertz CT molecular complexity index is 1760. The zero-order chi connectivity index (χ0) is 29.3. The Morgan fingerprint density at radius 3 is 2.56 bits per heavy atom. The van der Waals surface area contributed by atoms with Gasteiger partial charge in [-0.3, -0.25) is 4.79 Å². The van der Waals surface area contributed by atoms with E-state index >= 15 is 0 Å². The lowest BCUT2D eigenvalue weighted by Crippen LogP contribution is -2.35. The van der Waals surface area contributed by atoms with Gasteiger partial charge in [0.05, 0.1) is 22.7 Å². The lowest BCUT2D eigenvalue weighted by Gasteiger charge is -2.24. The highest BCUT2D eigenvalue weighted by Crippen LogP contribution is 2.40. The topological polar surface area (TPSA) is 130 Å². The largest absolute Gasteiger partial charge is 0.492 e. The van der Waals surface area contributed by atoms with Crippen molar-refractivity contribution in [2.45, 2.75) is 49.8 Å². The number of nitrogens with two attached hydrogens (primary N) is 1. The van der Waals surface area contributed by atoms with Gasteiger partial charge in [-0.1, -0.05) is 53.4 Å². The summed E-state index contributed by atoms with van der Waals surface area (Å²) in [4.78, 5) is 26.5. The van der Waals surface area contributed by atoms with E-state index in [1.165, 1.54) is 18.2 Å². The molecular weight excluding hydrogens is 586 g/mol. The predicted octanol–water partition coefficient (Wildman–Crippen LogP) is 5.61. The van der Waals surface area contributed by atoms with Crippen molar-refractivity contribution in [1.29, 1.82) is 0 Å². The van der Waals surface area contributed by atoms with Crippen LogP contribution in [0.25, 0.3) is 22.0 Å². The number of primary amides is 1. The summed E-state index contributed by atoms with van der Waals surface area (Å²) in [6.07, 6.45) is 3.96. The third-order valence-corrected chi connectivity index (χ3v) is 9.86. The Hall–Kier alpha value is -3.38. The Balaban J connectivity index is 1.72. The number of fused-ring (bicyclic) bond motifs is 1. The van der Waals surface area contributed by atoms with E-state index in [1.54, 1.807) is 11.4 Å². The second-order valence-corrected chi connectivity index (χ2v) is 13.2. The van der Waals surface area contributed by atoms with Crippen LogP contribution in [0.1, 0.15) is 36.8 Å². The molecule has 41 heavy (non-hydrogen) atoms. The maximum absolute atomic E-state index is 13.9. The molecule has 0 saturated carbocycles. The minimum absolute atomic E-state index is 0.00292. The van der Waals surface area contributed by atoms with Crippen molar-refractivity contribution in [2.75, 3.05) is 13.2 Å². The van der Waals surface area contributed by atoms with Crippen LogP contribution in [-0.2, 0) is 10.1 Å². The number of aryl methyl sites for hydroxylation is 2. The summed E-state index contributed by atoms with van der Waals surface area (Å²) >= 11 is 7.46. The molecule has 1 unspecified atom stereocenters. The molecule has 1 amide bonds. The molecule has 4 aromatic rings. The number of thiophene rings is 1. The van der Waals surface area contributed by atoms with Gasteiger partial charge in [0.2, 0.25) is 0 Å². The van der Waals surface area contributed by atoms with Crippen LogP contribution in [-0.4, -0.2) is 38.2 Å². The molecule has 0 bridgehead atoms. The maximum Gasteiger partial charge on any atom is 0.348 e. The summed E-state index contributed by atoms with van der Waals surface area (Å²) in [5.74, 6) is 0.0192. The minimum atomic E-state index is -4.19. The summed E-state index contributed by atoms with van der Waals surface area (Å²) in [7, 11) is -4.19. The average molecular weight is 616 g/mol.